The van der Waals surface area contributed by atoms with Gasteiger partial charge in [-0.3, -0.25) is 0 Å². The Morgan fingerprint density at radius 2 is 1.54 bits per heavy atom. The molecule has 1 saturated heterocycles. The van der Waals surface area contributed by atoms with Gasteiger partial charge in [-0.25, -0.2) is 4.79 Å². The molecule has 1 aliphatic heterocycles. The number of cyclic esters (lactones) is 1. The molecule has 1 atom stereocenters. The lowest BCUT2D eigenvalue weighted by Crippen LogP contribution is -2.31. The highest BCUT2D eigenvalue weighted by atomic mass is 16.6. The number of fused-ring (bicyclic) bond motifs is 1. The second-order valence-corrected chi connectivity index (χ2v) is 6.94. The van der Waals surface area contributed by atoms with E-state index in [-0.39, 0.29) is 18.2 Å². The lowest BCUT2D eigenvalue weighted by atomic mass is 10.1. The summed E-state index contributed by atoms with van der Waals surface area (Å²) in [7, 11) is 3.17. The second-order valence-electron chi connectivity index (χ2n) is 6.94. The van der Waals surface area contributed by atoms with Crippen molar-refractivity contribution in [3.05, 3.63) is 48.5 Å². The minimum absolute atomic E-state index is 0.134. The van der Waals surface area contributed by atoms with E-state index in [1.165, 1.54) is 10.8 Å². The number of amides is 1. The summed E-state index contributed by atoms with van der Waals surface area (Å²) in [5.74, 6) is 0. The van der Waals surface area contributed by atoms with Crippen molar-refractivity contribution in [3.63, 3.8) is 0 Å². The molecule has 2 aromatic rings. The Bertz CT molecular complexity index is 607. The number of unbranched alkanes of at least 4 members (excludes halogenated alkanes) is 1. The van der Waals surface area contributed by atoms with Crippen LogP contribution in [0.15, 0.2) is 48.5 Å². The molecule has 1 aliphatic rings. The van der Waals surface area contributed by atoms with Gasteiger partial charge in [-0.05, 0) is 37.5 Å². The van der Waals surface area contributed by atoms with Crippen LogP contribution in [0.2, 0.25) is 0 Å². The van der Waals surface area contributed by atoms with Crippen molar-refractivity contribution >= 4 is 16.9 Å². The molecule has 5 heteroatoms. The number of benzene rings is 2. The van der Waals surface area contributed by atoms with Crippen LogP contribution in [0.3, 0.4) is 0 Å². The Hall–Kier alpha value is -2.11. The zero-order valence-corrected chi connectivity index (χ0v) is 17.9. The summed E-state index contributed by atoms with van der Waals surface area (Å²) >= 11 is 0. The summed E-state index contributed by atoms with van der Waals surface area (Å²) in [4.78, 5) is 13.1. The lowest BCUT2D eigenvalue weighted by Gasteiger charge is -2.16. The number of carbonyl (C=O) groups is 1. The van der Waals surface area contributed by atoms with Crippen LogP contribution in [0.4, 0.5) is 4.79 Å². The highest BCUT2D eigenvalue weighted by Crippen LogP contribution is 2.18. The van der Waals surface area contributed by atoms with Crippen molar-refractivity contribution in [1.29, 1.82) is 0 Å². The molecule has 28 heavy (non-hydrogen) atoms. The lowest BCUT2D eigenvalue weighted by molar-refractivity contribution is -0.00272. The van der Waals surface area contributed by atoms with Gasteiger partial charge in [0.15, 0.2) is 0 Å². The fourth-order valence-electron chi connectivity index (χ4n) is 2.80. The van der Waals surface area contributed by atoms with Crippen molar-refractivity contribution in [2.24, 2.45) is 0 Å². The molecule has 0 radical (unpaired) electrons. The Kier molecular flexibility index (Phi) is 11.9. The highest BCUT2D eigenvalue weighted by molar-refractivity contribution is 5.82. The van der Waals surface area contributed by atoms with E-state index in [4.69, 9.17) is 4.74 Å². The van der Waals surface area contributed by atoms with Gasteiger partial charge < -0.3 is 19.1 Å². The molecule has 1 amide bonds. The normalized spacial score (nSPS) is 15.6. The minimum atomic E-state index is -0.142. The third-order valence-corrected chi connectivity index (χ3v) is 4.30. The molecular formula is C23H35NO4. The van der Waals surface area contributed by atoms with Gasteiger partial charge in [-0.15, -0.1) is 0 Å². The van der Waals surface area contributed by atoms with E-state index in [0.717, 1.165) is 25.8 Å². The maximum absolute atomic E-state index is 11.3. The molecule has 156 valence electrons. The summed E-state index contributed by atoms with van der Waals surface area (Å²) in [6.45, 7) is 7.35. The largest absolute Gasteiger partial charge is 0.444 e. The predicted octanol–water partition coefficient (Wildman–Crippen LogP) is 5.48. The van der Waals surface area contributed by atoms with Crippen molar-refractivity contribution in [2.45, 2.75) is 52.2 Å². The van der Waals surface area contributed by atoms with Gasteiger partial charge >= 0.3 is 6.09 Å². The zero-order valence-electron chi connectivity index (χ0n) is 17.9. The molecule has 0 N–H and O–H groups in total. The summed E-state index contributed by atoms with van der Waals surface area (Å²) in [6, 6.07) is 17.0. The summed E-state index contributed by atoms with van der Waals surface area (Å²) < 4.78 is 14.2. The van der Waals surface area contributed by atoms with E-state index in [2.05, 4.69) is 64.9 Å². The number of hydrogen-bond donors (Lipinski definition) is 0. The number of methoxy groups -OCH3 is 2. The molecule has 3 rings (SSSR count). The van der Waals surface area contributed by atoms with Crippen LogP contribution < -0.4 is 0 Å². The average molecular weight is 390 g/mol. The minimum Gasteiger partial charge on any atom is -0.444 e. The molecular weight excluding hydrogens is 354 g/mol. The van der Waals surface area contributed by atoms with Gasteiger partial charge in [-0.2, -0.15) is 0 Å². The van der Waals surface area contributed by atoms with E-state index in [1.807, 2.05) is 13.8 Å². The molecule has 0 bridgehead atoms. The number of ether oxygens (including phenoxy) is 3. The summed E-state index contributed by atoms with van der Waals surface area (Å²) in [5.41, 5.74) is 0. The van der Waals surface area contributed by atoms with Crippen LogP contribution >= 0.6 is 0 Å². The fourth-order valence-corrected chi connectivity index (χ4v) is 2.80. The van der Waals surface area contributed by atoms with E-state index in [9.17, 15) is 4.79 Å². The Labute approximate surface area is 169 Å². The van der Waals surface area contributed by atoms with Crippen molar-refractivity contribution in [1.82, 2.24) is 4.90 Å². The van der Waals surface area contributed by atoms with Gasteiger partial charge in [0.05, 0.1) is 6.54 Å². The van der Waals surface area contributed by atoms with E-state index in [1.54, 1.807) is 19.1 Å². The van der Waals surface area contributed by atoms with Gasteiger partial charge in [-0.1, -0.05) is 61.9 Å². The molecule has 0 spiro atoms. The molecule has 0 aromatic heterocycles. The van der Waals surface area contributed by atoms with Crippen LogP contribution in [0.25, 0.3) is 10.8 Å². The molecule has 2 aromatic carbocycles. The van der Waals surface area contributed by atoms with Gasteiger partial charge in [0.25, 0.3) is 0 Å². The van der Waals surface area contributed by atoms with Crippen LogP contribution in [0.5, 0.6) is 0 Å². The zero-order chi connectivity index (χ0) is 20.8. The van der Waals surface area contributed by atoms with Gasteiger partial charge in [0, 0.05) is 20.3 Å². The van der Waals surface area contributed by atoms with Crippen LogP contribution in [-0.2, 0) is 14.2 Å². The Morgan fingerprint density at radius 1 is 1.04 bits per heavy atom. The molecule has 1 unspecified atom stereocenters. The quantitative estimate of drug-likeness (QED) is 0.614. The van der Waals surface area contributed by atoms with E-state index < -0.39 is 0 Å². The standard InChI is InChI=1S/C10H19NO2.C10H8.C3H8O2/c1-4-5-6-9-7-11(8(2)3)10(12)13-9;1-2-6-10-8-4-3-7-9(10)5-1;1-4-3-5-2/h8-9H,4-7H2,1-3H3;1-8H;3H2,1-2H3. The smallest absolute Gasteiger partial charge is 0.410 e. The molecule has 0 saturated carbocycles. The topological polar surface area (TPSA) is 48.0 Å². The third-order valence-electron chi connectivity index (χ3n) is 4.30. The van der Waals surface area contributed by atoms with Crippen molar-refractivity contribution in [2.75, 3.05) is 27.6 Å². The Morgan fingerprint density at radius 3 is 1.86 bits per heavy atom. The number of rotatable bonds is 6. The maximum Gasteiger partial charge on any atom is 0.410 e. The first kappa shape index (κ1) is 23.9. The maximum atomic E-state index is 11.3. The highest BCUT2D eigenvalue weighted by Gasteiger charge is 2.31. The van der Waals surface area contributed by atoms with Crippen LogP contribution in [-0.4, -0.2) is 50.7 Å². The first-order chi connectivity index (χ1) is 13.5. The first-order valence-electron chi connectivity index (χ1n) is 9.92. The SMILES string of the molecule is CCCCC1CN(C(C)C)C(=O)O1.COCOC.c1ccc2ccccc2c1. The molecule has 1 heterocycles. The van der Waals surface area contributed by atoms with Crippen LogP contribution in [0, 0.1) is 0 Å². The van der Waals surface area contributed by atoms with Crippen molar-refractivity contribution in [3.8, 4) is 0 Å². The second kappa shape index (κ2) is 14.0. The first-order valence-corrected chi connectivity index (χ1v) is 9.92. The fraction of sp³-hybridized carbons (Fsp3) is 0.522. The van der Waals surface area contributed by atoms with Gasteiger partial charge in [0.2, 0.25) is 0 Å². The average Bonchev–Trinajstić information content (AvgIpc) is 3.09. The third kappa shape index (κ3) is 8.72. The van der Waals surface area contributed by atoms with E-state index >= 15 is 0 Å². The Balaban J connectivity index is 0.000000231. The number of carbonyl (C=O) groups excluding carboxylic acids is 1. The molecule has 1 fully saturated rings. The predicted molar refractivity (Wildman–Crippen MR) is 114 cm³/mol. The van der Waals surface area contributed by atoms with Crippen molar-refractivity contribution < 1.29 is 19.0 Å². The monoisotopic (exact) mass is 389 g/mol. The molecule has 5 nitrogen and oxygen atoms in total. The van der Waals surface area contributed by atoms with E-state index in [0.29, 0.717) is 6.79 Å². The summed E-state index contributed by atoms with van der Waals surface area (Å²) in [5, 5.41) is 2.62. The molecule has 0 aliphatic carbocycles. The number of hydrogen-bond acceptors (Lipinski definition) is 4. The summed E-state index contributed by atoms with van der Waals surface area (Å²) in [6.07, 6.45) is 3.30. The van der Waals surface area contributed by atoms with Crippen LogP contribution in [0.1, 0.15) is 40.0 Å². The number of nitrogens with zero attached hydrogens (tertiary/aromatic N) is 1. The van der Waals surface area contributed by atoms with Gasteiger partial charge in [0.1, 0.15) is 12.9 Å².